The van der Waals surface area contributed by atoms with Gasteiger partial charge < -0.3 is 10.1 Å². The minimum atomic E-state index is -4.08. The fourth-order valence-corrected chi connectivity index (χ4v) is 5.04. The normalized spacial score (nSPS) is 16.5. The number of nitrogens with one attached hydrogen (secondary N) is 3. The Kier molecular flexibility index (Phi) is 5.88. The molecule has 1 fully saturated rings. The van der Waals surface area contributed by atoms with Crippen LogP contribution >= 0.6 is 0 Å². The standard InChI is InChI=1S/C23H23FN6O3S/c1-14-4-9-19(24)20(11-14)34(31,32)30-16-7-5-15(6-8-16)21-27-22-18(13-26-29-22)23(28-21)33-17-3-2-10-25-12-17/h4-9,11,13,17,25,30H,2-3,10,12H2,1H3,(H,26,27,28,29). The van der Waals surface area contributed by atoms with Crippen LogP contribution in [0, 0.1) is 12.7 Å². The van der Waals surface area contributed by atoms with Crippen molar-refractivity contribution >= 4 is 26.7 Å². The van der Waals surface area contributed by atoms with E-state index in [4.69, 9.17) is 4.74 Å². The Labute approximate surface area is 195 Å². The minimum Gasteiger partial charge on any atom is -0.472 e. The van der Waals surface area contributed by atoms with Crippen LogP contribution in [0.15, 0.2) is 53.6 Å². The quantitative estimate of drug-likeness (QED) is 0.385. The number of aromatic nitrogens is 4. The third kappa shape index (κ3) is 4.57. The predicted molar refractivity (Wildman–Crippen MR) is 126 cm³/mol. The number of nitrogens with zero attached hydrogens (tertiary/aromatic N) is 3. The number of hydrogen-bond acceptors (Lipinski definition) is 7. The number of sulfonamides is 1. The molecular weight excluding hydrogens is 459 g/mol. The highest BCUT2D eigenvalue weighted by Gasteiger charge is 2.21. The molecule has 0 aliphatic carbocycles. The number of hydrogen-bond donors (Lipinski definition) is 3. The third-order valence-electron chi connectivity index (χ3n) is 5.58. The maximum absolute atomic E-state index is 14.1. The molecule has 3 N–H and O–H groups in total. The molecule has 0 spiro atoms. The summed E-state index contributed by atoms with van der Waals surface area (Å²) in [6.07, 6.45) is 3.60. The zero-order valence-corrected chi connectivity index (χ0v) is 19.2. The molecule has 4 aromatic rings. The van der Waals surface area contributed by atoms with Crippen LogP contribution in [0.25, 0.3) is 22.4 Å². The smallest absolute Gasteiger partial charge is 0.264 e. The number of rotatable bonds is 6. The molecule has 1 aliphatic rings. The van der Waals surface area contributed by atoms with E-state index in [1.54, 1.807) is 37.4 Å². The summed E-state index contributed by atoms with van der Waals surface area (Å²) in [5, 5.41) is 10.9. The van der Waals surface area contributed by atoms with Crippen molar-refractivity contribution in [2.75, 3.05) is 17.8 Å². The zero-order valence-electron chi connectivity index (χ0n) is 18.4. The summed E-state index contributed by atoms with van der Waals surface area (Å²) in [7, 11) is -4.08. The first-order valence-corrected chi connectivity index (χ1v) is 12.4. The first kappa shape index (κ1) is 22.2. The van der Waals surface area contributed by atoms with Crippen molar-refractivity contribution in [2.45, 2.75) is 30.8 Å². The van der Waals surface area contributed by atoms with Crippen LogP contribution < -0.4 is 14.8 Å². The summed E-state index contributed by atoms with van der Waals surface area (Å²) >= 11 is 0. The molecule has 0 saturated carbocycles. The highest BCUT2D eigenvalue weighted by Crippen LogP contribution is 2.28. The average Bonchev–Trinajstić information content (AvgIpc) is 3.31. The summed E-state index contributed by atoms with van der Waals surface area (Å²) < 4.78 is 48.0. The maximum atomic E-state index is 14.1. The van der Waals surface area contributed by atoms with Gasteiger partial charge >= 0.3 is 0 Å². The van der Waals surface area contributed by atoms with Gasteiger partial charge in [0, 0.05) is 17.8 Å². The lowest BCUT2D eigenvalue weighted by molar-refractivity contribution is 0.163. The van der Waals surface area contributed by atoms with Crippen LogP contribution in [0.3, 0.4) is 0 Å². The lowest BCUT2D eigenvalue weighted by Gasteiger charge is -2.23. The Balaban J connectivity index is 1.41. The van der Waals surface area contributed by atoms with Gasteiger partial charge in [-0.25, -0.2) is 17.8 Å². The van der Waals surface area contributed by atoms with Gasteiger partial charge in [0.15, 0.2) is 11.5 Å². The Morgan fingerprint density at radius 2 is 1.97 bits per heavy atom. The highest BCUT2D eigenvalue weighted by molar-refractivity contribution is 7.92. The van der Waals surface area contributed by atoms with E-state index >= 15 is 0 Å². The van der Waals surface area contributed by atoms with Crippen LogP contribution in [-0.2, 0) is 10.0 Å². The van der Waals surface area contributed by atoms with Gasteiger partial charge in [-0.1, -0.05) is 6.07 Å². The monoisotopic (exact) mass is 482 g/mol. The molecule has 9 nitrogen and oxygen atoms in total. The number of aryl methyl sites for hydroxylation is 1. The number of benzene rings is 2. The fourth-order valence-electron chi connectivity index (χ4n) is 3.82. The molecule has 5 rings (SSSR count). The van der Waals surface area contributed by atoms with Crippen LogP contribution in [0.1, 0.15) is 18.4 Å². The summed E-state index contributed by atoms with van der Waals surface area (Å²) in [6.45, 7) is 3.42. The summed E-state index contributed by atoms with van der Waals surface area (Å²) in [4.78, 5) is 8.72. The van der Waals surface area contributed by atoms with Gasteiger partial charge in [-0.3, -0.25) is 9.82 Å². The van der Waals surface area contributed by atoms with Gasteiger partial charge in [-0.2, -0.15) is 10.1 Å². The molecule has 0 amide bonds. The number of anilines is 1. The lowest BCUT2D eigenvalue weighted by Crippen LogP contribution is -2.37. The van der Waals surface area contributed by atoms with Gasteiger partial charge in [0.2, 0.25) is 5.88 Å². The molecule has 1 unspecified atom stereocenters. The number of aromatic amines is 1. The SMILES string of the molecule is Cc1ccc(F)c(S(=O)(=O)Nc2ccc(-c3nc(OC4CCCNC4)c4cn[nH]c4n3)cc2)c1. The largest absolute Gasteiger partial charge is 0.472 e. The van der Waals surface area contributed by atoms with Crippen molar-refractivity contribution in [3.8, 4) is 17.3 Å². The van der Waals surface area contributed by atoms with E-state index in [-0.39, 0.29) is 11.8 Å². The molecule has 3 heterocycles. The van der Waals surface area contributed by atoms with E-state index < -0.39 is 20.7 Å². The van der Waals surface area contributed by atoms with Gasteiger partial charge in [-0.15, -0.1) is 0 Å². The van der Waals surface area contributed by atoms with E-state index in [0.29, 0.717) is 33.9 Å². The molecule has 176 valence electrons. The van der Waals surface area contributed by atoms with E-state index in [1.807, 2.05) is 0 Å². The Morgan fingerprint density at radius 3 is 2.74 bits per heavy atom. The first-order chi connectivity index (χ1) is 16.4. The highest BCUT2D eigenvalue weighted by atomic mass is 32.2. The molecule has 2 aromatic carbocycles. The molecule has 2 aromatic heterocycles. The van der Waals surface area contributed by atoms with E-state index in [9.17, 15) is 12.8 Å². The maximum Gasteiger partial charge on any atom is 0.264 e. The number of fused-ring (bicyclic) bond motifs is 1. The predicted octanol–water partition coefficient (Wildman–Crippen LogP) is 3.40. The van der Waals surface area contributed by atoms with Crippen LogP contribution in [-0.4, -0.2) is 47.8 Å². The molecule has 0 bridgehead atoms. The number of piperidine rings is 1. The molecular formula is C23H23FN6O3S. The van der Waals surface area contributed by atoms with E-state index in [2.05, 4.69) is 30.2 Å². The van der Waals surface area contributed by atoms with Crippen molar-refractivity contribution in [1.82, 2.24) is 25.5 Å². The molecule has 34 heavy (non-hydrogen) atoms. The number of ether oxygens (including phenoxy) is 1. The van der Waals surface area contributed by atoms with Crippen molar-refractivity contribution in [3.05, 3.63) is 60.0 Å². The van der Waals surface area contributed by atoms with Crippen LogP contribution in [0.2, 0.25) is 0 Å². The summed E-state index contributed by atoms with van der Waals surface area (Å²) in [5.41, 5.74) is 2.14. The Bertz CT molecular complexity index is 1430. The van der Waals surface area contributed by atoms with E-state index in [0.717, 1.165) is 32.0 Å². The molecule has 1 saturated heterocycles. The summed E-state index contributed by atoms with van der Waals surface area (Å²) in [6, 6.07) is 10.5. The molecule has 1 aliphatic heterocycles. The summed E-state index contributed by atoms with van der Waals surface area (Å²) in [5.74, 6) is 0.0495. The second kappa shape index (κ2) is 8.99. The molecule has 0 radical (unpaired) electrons. The van der Waals surface area contributed by atoms with Gasteiger partial charge in [0.05, 0.1) is 6.20 Å². The van der Waals surface area contributed by atoms with Crippen molar-refractivity contribution in [3.63, 3.8) is 0 Å². The van der Waals surface area contributed by atoms with Gasteiger partial charge in [0.1, 0.15) is 22.2 Å². The minimum absolute atomic E-state index is 0.00778. The lowest BCUT2D eigenvalue weighted by atomic mass is 10.1. The number of halogens is 1. The van der Waals surface area contributed by atoms with Crippen LogP contribution in [0.5, 0.6) is 5.88 Å². The van der Waals surface area contributed by atoms with Gasteiger partial charge in [0.25, 0.3) is 10.0 Å². The topological polar surface area (TPSA) is 122 Å². The second-order valence-corrected chi connectivity index (χ2v) is 9.84. The Morgan fingerprint density at radius 1 is 1.15 bits per heavy atom. The Hall–Kier alpha value is -3.57. The second-order valence-electron chi connectivity index (χ2n) is 8.19. The van der Waals surface area contributed by atoms with Crippen LogP contribution in [0.4, 0.5) is 10.1 Å². The van der Waals surface area contributed by atoms with Gasteiger partial charge in [-0.05, 0) is 68.3 Å². The van der Waals surface area contributed by atoms with Crippen molar-refractivity contribution in [2.24, 2.45) is 0 Å². The first-order valence-electron chi connectivity index (χ1n) is 10.9. The van der Waals surface area contributed by atoms with Crippen molar-refractivity contribution in [1.29, 1.82) is 0 Å². The fraction of sp³-hybridized carbons (Fsp3) is 0.261. The number of H-pyrrole nitrogens is 1. The third-order valence-corrected chi connectivity index (χ3v) is 6.97. The zero-order chi connectivity index (χ0) is 23.7. The molecule has 11 heteroatoms. The van der Waals surface area contributed by atoms with Crippen molar-refractivity contribution < 1.29 is 17.5 Å². The average molecular weight is 483 g/mol. The van der Waals surface area contributed by atoms with E-state index in [1.165, 1.54) is 12.1 Å². The molecule has 1 atom stereocenters.